The number of nitrogens with one attached hydrogen (secondary N) is 1. The van der Waals surface area contributed by atoms with Crippen LogP contribution in [0.15, 0.2) is 23.6 Å². The quantitative estimate of drug-likeness (QED) is 0.882. The summed E-state index contributed by atoms with van der Waals surface area (Å²) in [6.45, 7) is 1.99. The lowest BCUT2D eigenvalue weighted by atomic mass is 10.2. The van der Waals surface area contributed by atoms with Crippen molar-refractivity contribution in [1.82, 2.24) is 10.3 Å². The number of thiazole rings is 1. The summed E-state index contributed by atoms with van der Waals surface area (Å²) in [6, 6.07) is 4.23. The van der Waals surface area contributed by atoms with E-state index < -0.39 is 5.82 Å². The first-order valence-corrected chi connectivity index (χ1v) is 6.11. The van der Waals surface area contributed by atoms with E-state index in [2.05, 4.69) is 10.3 Å². The molecule has 0 radical (unpaired) electrons. The highest BCUT2D eigenvalue weighted by Gasteiger charge is 2.12. The topological polar surface area (TPSA) is 45.1 Å². The zero-order chi connectivity index (χ0) is 12.4. The van der Waals surface area contributed by atoms with Gasteiger partial charge in [0.15, 0.2) is 0 Å². The molecule has 1 atom stereocenters. The average molecular weight is 252 g/mol. The number of aromatic hydroxyl groups is 1. The molecule has 2 N–H and O–H groups in total. The van der Waals surface area contributed by atoms with Gasteiger partial charge in [-0.25, -0.2) is 9.37 Å². The summed E-state index contributed by atoms with van der Waals surface area (Å²) >= 11 is 1.39. The van der Waals surface area contributed by atoms with Crippen LogP contribution in [0.25, 0.3) is 10.6 Å². The summed E-state index contributed by atoms with van der Waals surface area (Å²) in [7, 11) is 1.85. The van der Waals surface area contributed by atoms with Crippen LogP contribution in [0.4, 0.5) is 4.39 Å². The first-order valence-electron chi connectivity index (χ1n) is 5.23. The van der Waals surface area contributed by atoms with E-state index in [1.54, 1.807) is 0 Å². The van der Waals surface area contributed by atoms with Crippen molar-refractivity contribution in [3.63, 3.8) is 0 Å². The molecule has 0 aliphatic heterocycles. The number of halogens is 1. The van der Waals surface area contributed by atoms with E-state index in [0.717, 1.165) is 11.8 Å². The minimum atomic E-state index is -0.456. The van der Waals surface area contributed by atoms with Gasteiger partial charge in [0.2, 0.25) is 0 Å². The predicted octanol–water partition coefficient (Wildman–Crippen LogP) is 2.94. The van der Waals surface area contributed by atoms with Gasteiger partial charge >= 0.3 is 0 Å². The fourth-order valence-corrected chi connectivity index (χ4v) is 2.37. The predicted molar refractivity (Wildman–Crippen MR) is 66.6 cm³/mol. The molecular weight excluding hydrogens is 239 g/mol. The number of phenols is 1. The maximum Gasteiger partial charge on any atom is 0.137 e. The third kappa shape index (κ3) is 2.45. The Bertz CT molecular complexity index is 527. The van der Waals surface area contributed by atoms with Crippen molar-refractivity contribution < 1.29 is 9.50 Å². The Labute approximate surface area is 103 Å². The maximum atomic E-state index is 13.6. The number of aromatic nitrogens is 1. The first-order chi connectivity index (χ1) is 8.11. The van der Waals surface area contributed by atoms with E-state index in [1.807, 2.05) is 19.4 Å². The zero-order valence-electron chi connectivity index (χ0n) is 9.57. The zero-order valence-corrected chi connectivity index (χ0v) is 10.4. The van der Waals surface area contributed by atoms with E-state index >= 15 is 0 Å². The molecular formula is C12H13FN2OS. The van der Waals surface area contributed by atoms with E-state index in [0.29, 0.717) is 10.6 Å². The van der Waals surface area contributed by atoms with E-state index in [1.165, 1.54) is 23.5 Å². The van der Waals surface area contributed by atoms with E-state index in [4.69, 9.17) is 5.11 Å². The highest BCUT2D eigenvalue weighted by Crippen LogP contribution is 2.29. The van der Waals surface area contributed by atoms with Crippen LogP contribution in [0.2, 0.25) is 0 Å². The fraction of sp³-hybridized carbons (Fsp3) is 0.250. The molecule has 2 rings (SSSR count). The van der Waals surface area contributed by atoms with Crippen LogP contribution < -0.4 is 5.32 Å². The molecule has 0 saturated carbocycles. The molecule has 1 heterocycles. The Balaban J connectivity index is 2.37. The van der Waals surface area contributed by atoms with Gasteiger partial charge < -0.3 is 10.4 Å². The number of hydrogen-bond donors (Lipinski definition) is 2. The standard InChI is InChI=1S/C12H13FN2OS/c1-7(14-2)11-6-17-12(15-11)9-4-3-8(16)5-10(9)13/h3-7,14,16H,1-2H3. The summed E-state index contributed by atoms with van der Waals surface area (Å²) in [4.78, 5) is 4.38. The Hall–Kier alpha value is -1.46. The molecule has 0 fully saturated rings. The van der Waals surface area contributed by atoms with Crippen molar-refractivity contribution in [2.75, 3.05) is 7.05 Å². The number of phenolic OH excluding ortho intramolecular Hbond substituents is 1. The molecule has 2 aromatic rings. The summed E-state index contributed by atoms with van der Waals surface area (Å²) < 4.78 is 13.6. The minimum absolute atomic E-state index is 0.0772. The number of rotatable bonds is 3. The Kier molecular flexibility index (Phi) is 3.40. The summed E-state index contributed by atoms with van der Waals surface area (Å²) in [5, 5.41) is 14.8. The van der Waals surface area contributed by atoms with Gasteiger partial charge in [0, 0.05) is 23.1 Å². The van der Waals surface area contributed by atoms with Gasteiger partial charge in [-0.2, -0.15) is 0 Å². The van der Waals surface area contributed by atoms with Crippen molar-refractivity contribution in [3.05, 3.63) is 35.1 Å². The SMILES string of the molecule is CNC(C)c1csc(-c2ccc(O)cc2F)n1. The first kappa shape index (κ1) is 12.0. The van der Waals surface area contributed by atoms with Gasteiger partial charge in [0.05, 0.1) is 5.69 Å². The largest absolute Gasteiger partial charge is 0.508 e. The van der Waals surface area contributed by atoms with Crippen molar-refractivity contribution in [2.24, 2.45) is 0 Å². The Morgan fingerprint density at radius 1 is 1.47 bits per heavy atom. The van der Waals surface area contributed by atoms with Crippen LogP contribution >= 0.6 is 11.3 Å². The molecule has 17 heavy (non-hydrogen) atoms. The van der Waals surface area contributed by atoms with Gasteiger partial charge in [0.25, 0.3) is 0 Å². The molecule has 0 amide bonds. The third-order valence-corrected chi connectivity index (χ3v) is 3.48. The van der Waals surface area contributed by atoms with E-state index in [9.17, 15) is 4.39 Å². The molecule has 0 aliphatic carbocycles. The third-order valence-electron chi connectivity index (χ3n) is 2.58. The van der Waals surface area contributed by atoms with Crippen LogP contribution in [0, 0.1) is 5.82 Å². The molecule has 1 unspecified atom stereocenters. The van der Waals surface area contributed by atoms with Crippen LogP contribution in [0.1, 0.15) is 18.7 Å². The summed E-state index contributed by atoms with van der Waals surface area (Å²) in [6.07, 6.45) is 0. The molecule has 1 aromatic heterocycles. The summed E-state index contributed by atoms with van der Waals surface area (Å²) in [5.74, 6) is -0.533. The Morgan fingerprint density at radius 2 is 2.24 bits per heavy atom. The van der Waals surface area contributed by atoms with Gasteiger partial charge in [0.1, 0.15) is 16.6 Å². The van der Waals surface area contributed by atoms with Gasteiger partial charge in [-0.1, -0.05) is 0 Å². The number of nitrogens with zero attached hydrogens (tertiary/aromatic N) is 1. The maximum absolute atomic E-state index is 13.6. The van der Waals surface area contributed by atoms with Gasteiger partial charge in [-0.3, -0.25) is 0 Å². The number of benzene rings is 1. The molecule has 0 saturated heterocycles. The Morgan fingerprint density at radius 3 is 2.88 bits per heavy atom. The molecule has 3 nitrogen and oxygen atoms in total. The highest BCUT2D eigenvalue weighted by atomic mass is 32.1. The second-order valence-corrected chi connectivity index (χ2v) is 4.61. The molecule has 90 valence electrons. The lowest BCUT2D eigenvalue weighted by Crippen LogP contribution is -2.12. The van der Waals surface area contributed by atoms with Crippen molar-refractivity contribution in [1.29, 1.82) is 0 Å². The van der Waals surface area contributed by atoms with Crippen LogP contribution in [0.3, 0.4) is 0 Å². The molecule has 0 bridgehead atoms. The van der Waals surface area contributed by atoms with Crippen LogP contribution in [0.5, 0.6) is 5.75 Å². The average Bonchev–Trinajstić information content (AvgIpc) is 2.77. The summed E-state index contributed by atoms with van der Waals surface area (Å²) in [5.41, 5.74) is 1.31. The molecule has 0 aliphatic rings. The normalized spacial score (nSPS) is 12.6. The van der Waals surface area contributed by atoms with Crippen molar-refractivity contribution in [2.45, 2.75) is 13.0 Å². The van der Waals surface area contributed by atoms with Gasteiger partial charge in [-0.15, -0.1) is 11.3 Å². The highest BCUT2D eigenvalue weighted by molar-refractivity contribution is 7.13. The second-order valence-electron chi connectivity index (χ2n) is 3.75. The van der Waals surface area contributed by atoms with Gasteiger partial charge in [-0.05, 0) is 26.1 Å². The van der Waals surface area contributed by atoms with Crippen LogP contribution in [-0.4, -0.2) is 17.1 Å². The molecule has 5 heteroatoms. The molecule has 0 spiro atoms. The minimum Gasteiger partial charge on any atom is -0.508 e. The lowest BCUT2D eigenvalue weighted by molar-refractivity contribution is 0.469. The van der Waals surface area contributed by atoms with E-state index in [-0.39, 0.29) is 11.8 Å². The number of hydrogen-bond acceptors (Lipinski definition) is 4. The van der Waals surface area contributed by atoms with Crippen molar-refractivity contribution >= 4 is 11.3 Å². The van der Waals surface area contributed by atoms with Crippen molar-refractivity contribution in [3.8, 4) is 16.3 Å². The smallest absolute Gasteiger partial charge is 0.137 e. The monoisotopic (exact) mass is 252 g/mol. The van der Waals surface area contributed by atoms with Crippen LogP contribution in [-0.2, 0) is 0 Å². The second kappa shape index (κ2) is 4.81. The fourth-order valence-electron chi connectivity index (χ4n) is 1.43. The lowest BCUT2D eigenvalue weighted by Gasteiger charge is -2.05. The molecule has 1 aromatic carbocycles.